The van der Waals surface area contributed by atoms with Gasteiger partial charge < -0.3 is 34.6 Å². The predicted octanol–water partition coefficient (Wildman–Crippen LogP) is -5.49. The summed E-state index contributed by atoms with van der Waals surface area (Å²) in [5.41, 5.74) is 0. The first kappa shape index (κ1) is 17.0. The first-order valence-corrected chi connectivity index (χ1v) is 3.79. The van der Waals surface area contributed by atoms with Crippen LogP contribution in [0.15, 0.2) is 0 Å². The second kappa shape index (κ2) is 7.79. The summed E-state index contributed by atoms with van der Waals surface area (Å²) in [6.07, 6.45) is 0.616. The molecule has 0 heterocycles. The fourth-order valence-electron chi connectivity index (χ4n) is 0.210. The number of rotatable bonds is 3. The SMILES string of the molecule is CCCOP(=O)(O)O.[Cl-].[Cl-]. The monoisotopic (exact) mass is 210 g/mol. The molecule has 0 aliphatic rings. The molecule has 0 aliphatic heterocycles. The van der Waals surface area contributed by atoms with Crippen LogP contribution in [0, 0.1) is 0 Å². The van der Waals surface area contributed by atoms with Crippen LogP contribution in [0.2, 0.25) is 0 Å². The Hall–Kier alpha value is 0.690. The summed E-state index contributed by atoms with van der Waals surface area (Å²) in [4.78, 5) is 16.1. The van der Waals surface area contributed by atoms with Gasteiger partial charge in [-0.3, -0.25) is 4.52 Å². The normalized spacial score (nSPS) is 9.50. The van der Waals surface area contributed by atoms with E-state index in [-0.39, 0.29) is 31.4 Å². The van der Waals surface area contributed by atoms with Crippen LogP contribution in [0.25, 0.3) is 0 Å². The first-order valence-electron chi connectivity index (χ1n) is 2.26. The minimum Gasteiger partial charge on any atom is -1.00 e. The van der Waals surface area contributed by atoms with Gasteiger partial charge in [-0.1, -0.05) is 6.92 Å². The first-order chi connectivity index (χ1) is 3.56. The topological polar surface area (TPSA) is 66.8 Å². The van der Waals surface area contributed by atoms with Gasteiger partial charge in [0.2, 0.25) is 0 Å². The number of halogens is 2. The third-order valence-corrected chi connectivity index (χ3v) is 0.983. The van der Waals surface area contributed by atoms with E-state index in [4.69, 9.17) is 9.79 Å². The van der Waals surface area contributed by atoms with Crippen molar-refractivity contribution in [2.75, 3.05) is 6.61 Å². The fourth-order valence-corrected chi connectivity index (χ4v) is 0.631. The summed E-state index contributed by atoms with van der Waals surface area (Å²) in [6, 6.07) is 0. The summed E-state index contributed by atoms with van der Waals surface area (Å²) >= 11 is 0. The maximum absolute atomic E-state index is 9.86. The summed E-state index contributed by atoms with van der Waals surface area (Å²) in [6.45, 7) is 1.89. The zero-order chi connectivity index (χ0) is 6.62. The molecule has 0 amide bonds. The van der Waals surface area contributed by atoms with Crippen LogP contribution >= 0.6 is 7.82 Å². The van der Waals surface area contributed by atoms with Crippen molar-refractivity contribution in [1.82, 2.24) is 0 Å². The lowest BCUT2D eigenvalue weighted by Crippen LogP contribution is -3.00. The molecule has 10 heavy (non-hydrogen) atoms. The fraction of sp³-hybridized carbons (Fsp3) is 1.00. The molecule has 0 fully saturated rings. The summed E-state index contributed by atoms with van der Waals surface area (Å²) in [5, 5.41) is 0. The van der Waals surface area contributed by atoms with Crippen molar-refractivity contribution < 1.29 is 43.7 Å². The van der Waals surface area contributed by atoms with Crippen LogP contribution in [0.5, 0.6) is 0 Å². The van der Waals surface area contributed by atoms with Gasteiger partial charge in [-0.05, 0) is 6.42 Å². The van der Waals surface area contributed by atoms with Gasteiger partial charge >= 0.3 is 7.82 Å². The Morgan fingerprint density at radius 3 is 1.90 bits per heavy atom. The van der Waals surface area contributed by atoms with Crippen LogP contribution in [-0.4, -0.2) is 16.4 Å². The molecule has 0 aromatic heterocycles. The Morgan fingerprint density at radius 2 is 1.80 bits per heavy atom. The van der Waals surface area contributed by atoms with E-state index in [2.05, 4.69) is 4.52 Å². The molecule has 0 saturated carbocycles. The molecule has 0 aromatic carbocycles. The van der Waals surface area contributed by atoms with Crippen molar-refractivity contribution in [2.24, 2.45) is 0 Å². The largest absolute Gasteiger partial charge is 1.00 e. The molecule has 0 aromatic rings. The van der Waals surface area contributed by atoms with E-state index in [9.17, 15) is 4.57 Å². The summed E-state index contributed by atoms with van der Waals surface area (Å²) in [7, 11) is -4.18. The third-order valence-electron chi connectivity index (χ3n) is 0.464. The summed E-state index contributed by atoms with van der Waals surface area (Å²) < 4.78 is 13.9. The van der Waals surface area contributed by atoms with Crippen LogP contribution < -0.4 is 24.8 Å². The number of hydrogen-bond acceptors (Lipinski definition) is 2. The Labute approximate surface area is 72.0 Å². The van der Waals surface area contributed by atoms with E-state index in [0.29, 0.717) is 6.42 Å². The highest BCUT2D eigenvalue weighted by atomic mass is 35.5. The molecule has 0 radical (unpaired) electrons. The Bertz CT molecular complexity index is 103. The summed E-state index contributed by atoms with van der Waals surface area (Å²) in [5.74, 6) is 0. The second-order valence-corrected chi connectivity index (χ2v) is 2.56. The molecule has 0 saturated heterocycles. The van der Waals surface area contributed by atoms with Crippen LogP contribution in [-0.2, 0) is 9.09 Å². The van der Waals surface area contributed by atoms with Gasteiger partial charge in [-0.2, -0.15) is 0 Å². The van der Waals surface area contributed by atoms with Crippen molar-refractivity contribution in [3.05, 3.63) is 0 Å². The minimum absolute atomic E-state index is 0. The number of phosphoric ester groups is 1. The second-order valence-electron chi connectivity index (χ2n) is 1.32. The maximum Gasteiger partial charge on any atom is 0.469 e. The molecule has 66 valence electrons. The lowest BCUT2D eigenvalue weighted by molar-refractivity contribution is -0.001000. The van der Waals surface area contributed by atoms with E-state index in [1.165, 1.54) is 0 Å². The zero-order valence-electron chi connectivity index (χ0n) is 5.33. The minimum atomic E-state index is -4.18. The van der Waals surface area contributed by atoms with Gasteiger partial charge in [0.15, 0.2) is 0 Å². The van der Waals surface area contributed by atoms with Gasteiger partial charge in [0.25, 0.3) is 0 Å². The van der Waals surface area contributed by atoms with Crippen molar-refractivity contribution in [3.8, 4) is 0 Å². The Kier molecular flexibility index (Phi) is 13.2. The van der Waals surface area contributed by atoms with E-state index in [1.54, 1.807) is 6.92 Å². The molecule has 0 rings (SSSR count). The standard InChI is InChI=1S/C3H9O4P.2ClH/c1-2-3-7-8(4,5)6;;/h2-3H2,1H3,(H2,4,5,6);2*1H/p-2. The Morgan fingerprint density at radius 1 is 1.40 bits per heavy atom. The molecule has 4 nitrogen and oxygen atoms in total. The molecule has 0 spiro atoms. The molecular formula is C3H9Cl2O4P-2. The molecule has 0 aliphatic carbocycles. The van der Waals surface area contributed by atoms with E-state index < -0.39 is 7.82 Å². The highest BCUT2D eigenvalue weighted by molar-refractivity contribution is 7.46. The van der Waals surface area contributed by atoms with Gasteiger partial charge in [-0.15, -0.1) is 0 Å². The number of phosphoric acid groups is 1. The van der Waals surface area contributed by atoms with E-state index in [0.717, 1.165) is 0 Å². The number of hydrogen-bond donors (Lipinski definition) is 2. The highest BCUT2D eigenvalue weighted by Crippen LogP contribution is 2.35. The van der Waals surface area contributed by atoms with Crippen LogP contribution in [0.3, 0.4) is 0 Å². The van der Waals surface area contributed by atoms with E-state index in [1.807, 2.05) is 0 Å². The van der Waals surface area contributed by atoms with Crippen LogP contribution in [0.4, 0.5) is 0 Å². The lowest BCUT2D eigenvalue weighted by Gasteiger charge is -2.00. The van der Waals surface area contributed by atoms with Crippen molar-refractivity contribution in [1.29, 1.82) is 0 Å². The third kappa shape index (κ3) is 15.9. The van der Waals surface area contributed by atoms with Gasteiger partial charge in [0.05, 0.1) is 6.61 Å². The predicted molar refractivity (Wildman–Crippen MR) is 28.3 cm³/mol. The molecule has 0 unspecified atom stereocenters. The highest BCUT2D eigenvalue weighted by Gasteiger charge is 2.11. The molecule has 0 atom stereocenters. The molecule has 2 N–H and O–H groups in total. The quantitative estimate of drug-likeness (QED) is 0.457. The maximum atomic E-state index is 9.86. The van der Waals surface area contributed by atoms with E-state index >= 15 is 0 Å². The van der Waals surface area contributed by atoms with Gasteiger partial charge in [-0.25, -0.2) is 4.57 Å². The van der Waals surface area contributed by atoms with Gasteiger partial charge in [0, 0.05) is 0 Å². The smallest absolute Gasteiger partial charge is 0.469 e. The van der Waals surface area contributed by atoms with Gasteiger partial charge in [0.1, 0.15) is 0 Å². The molecule has 7 heteroatoms. The average Bonchev–Trinajstić information content (AvgIpc) is 1.59. The Balaban J connectivity index is -0.000000245. The molecule has 0 bridgehead atoms. The zero-order valence-corrected chi connectivity index (χ0v) is 7.73. The average molecular weight is 211 g/mol. The lowest BCUT2D eigenvalue weighted by atomic mass is 10.5. The van der Waals surface area contributed by atoms with Crippen molar-refractivity contribution >= 4 is 7.82 Å². The van der Waals surface area contributed by atoms with Crippen LogP contribution in [0.1, 0.15) is 13.3 Å². The van der Waals surface area contributed by atoms with Crippen molar-refractivity contribution in [3.63, 3.8) is 0 Å². The molecular weight excluding hydrogens is 202 g/mol. The van der Waals surface area contributed by atoms with Crippen molar-refractivity contribution in [2.45, 2.75) is 13.3 Å².